The minimum Gasteiger partial charge on any atom is -0.484 e. The number of ether oxygens (including phenoxy) is 1. The third-order valence-corrected chi connectivity index (χ3v) is 5.52. The molecule has 0 aliphatic heterocycles. The molecule has 0 heterocycles. The van der Waals surface area contributed by atoms with Crippen LogP contribution >= 0.6 is 15.9 Å². The molecule has 0 bridgehead atoms. The van der Waals surface area contributed by atoms with Crippen LogP contribution < -0.4 is 10.1 Å². The molecular weight excluding hydrogens is 468 g/mol. The number of likely N-dealkylation sites (N-methyl/N-ethyl adjacent to an activating group) is 1. The lowest BCUT2D eigenvalue weighted by Gasteiger charge is -2.31. The van der Waals surface area contributed by atoms with E-state index in [0.717, 1.165) is 15.6 Å². The zero-order chi connectivity index (χ0) is 22.8. The second-order valence-electron chi connectivity index (χ2n) is 7.35. The summed E-state index contributed by atoms with van der Waals surface area (Å²) >= 11 is 3.44. The van der Waals surface area contributed by atoms with Crippen molar-refractivity contribution in [1.82, 2.24) is 10.2 Å². The molecule has 0 saturated carbocycles. The number of carbonyl (C=O) groups excluding carboxylic acids is 2. The van der Waals surface area contributed by atoms with Gasteiger partial charge >= 0.3 is 0 Å². The summed E-state index contributed by atoms with van der Waals surface area (Å²) in [7, 11) is 0. The molecule has 32 heavy (non-hydrogen) atoms. The maximum Gasteiger partial charge on any atom is 0.261 e. The van der Waals surface area contributed by atoms with Gasteiger partial charge in [0.25, 0.3) is 5.91 Å². The summed E-state index contributed by atoms with van der Waals surface area (Å²) in [5, 5.41) is 2.89. The lowest BCUT2D eigenvalue weighted by molar-refractivity contribution is -0.142. The molecule has 0 fully saturated rings. The van der Waals surface area contributed by atoms with Crippen LogP contribution in [0.4, 0.5) is 0 Å². The molecule has 5 nitrogen and oxygen atoms in total. The van der Waals surface area contributed by atoms with Crippen LogP contribution in [0.15, 0.2) is 89.4 Å². The average Bonchev–Trinajstić information content (AvgIpc) is 2.82. The third-order valence-electron chi connectivity index (χ3n) is 4.99. The molecule has 3 aromatic rings. The van der Waals surface area contributed by atoms with Gasteiger partial charge in [0.2, 0.25) is 5.91 Å². The van der Waals surface area contributed by atoms with E-state index in [1.807, 2.05) is 79.7 Å². The quantitative estimate of drug-likeness (QED) is 0.447. The van der Waals surface area contributed by atoms with E-state index in [2.05, 4.69) is 21.2 Å². The third kappa shape index (κ3) is 6.95. The van der Waals surface area contributed by atoms with Gasteiger partial charge in [-0.2, -0.15) is 0 Å². The molecule has 0 aliphatic rings. The molecule has 0 aliphatic carbocycles. The maximum absolute atomic E-state index is 13.3. The summed E-state index contributed by atoms with van der Waals surface area (Å²) in [5.74, 6) is 0.188. The highest BCUT2D eigenvalue weighted by atomic mass is 79.9. The van der Waals surface area contributed by atoms with Crippen LogP contribution in [0.3, 0.4) is 0 Å². The topological polar surface area (TPSA) is 58.6 Å². The molecule has 0 radical (unpaired) electrons. The van der Waals surface area contributed by atoms with Crippen molar-refractivity contribution in [1.29, 1.82) is 0 Å². The number of hydrogen-bond donors (Lipinski definition) is 1. The van der Waals surface area contributed by atoms with Gasteiger partial charge in [0.15, 0.2) is 6.61 Å². The lowest BCUT2D eigenvalue weighted by atomic mass is 10.0. The van der Waals surface area contributed by atoms with E-state index >= 15 is 0 Å². The maximum atomic E-state index is 13.3. The van der Waals surface area contributed by atoms with Crippen LogP contribution in [0.2, 0.25) is 0 Å². The summed E-state index contributed by atoms with van der Waals surface area (Å²) < 4.78 is 6.67. The summed E-state index contributed by atoms with van der Waals surface area (Å²) in [6, 6.07) is 26.0. The Labute approximate surface area is 197 Å². The number of hydrogen-bond acceptors (Lipinski definition) is 3. The fourth-order valence-electron chi connectivity index (χ4n) is 3.38. The first-order chi connectivity index (χ1) is 15.6. The van der Waals surface area contributed by atoms with Gasteiger partial charge in [-0.1, -0.05) is 76.6 Å². The number of rotatable bonds is 10. The first-order valence-electron chi connectivity index (χ1n) is 10.6. The van der Waals surface area contributed by atoms with Crippen molar-refractivity contribution in [2.45, 2.75) is 25.9 Å². The molecule has 2 amide bonds. The Bertz CT molecular complexity index is 995. The Morgan fingerprint density at radius 1 is 0.906 bits per heavy atom. The normalized spacial score (nSPS) is 11.4. The van der Waals surface area contributed by atoms with Gasteiger partial charge in [0, 0.05) is 24.0 Å². The molecule has 6 heteroatoms. The van der Waals surface area contributed by atoms with E-state index in [4.69, 9.17) is 4.74 Å². The highest BCUT2D eigenvalue weighted by Crippen LogP contribution is 2.18. The number of nitrogens with one attached hydrogen (secondary N) is 1. The number of nitrogens with zero attached hydrogens (tertiary/aromatic N) is 1. The van der Waals surface area contributed by atoms with Gasteiger partial charge in [0.1, 0.15) is 11.8 Å². The van der Waals surface area contributed by atoms with Crippen LogP contribution in [0.1, 0.15) is 18.1 Å². The van der Waals surface area contributed by atoms with Gasteiger partial charge < -0.3 is 15.0 Å². The number of benzene rings is 3. The first-order valence-corrected chi connectivity index (χ1v) is 11.4. The van der Waals surface area contributed by atoms with Crippen molar-refractivity contribution in [3.05, 3.63) is 101 Å². The Kier molecular flexibility index (Phi) is 8.87. The Balaban J connectivity index is 1.87. The molecule has 0 aromatic heterocycles. The molecule has 0 spiro atoms. The van der Waals surface area contributed by atoms with Gasteiger partial charge in [-0.05, 0) is 42.3 Å². The van der Waals surface area contributed by atoms with E-state index in [0.29, 0.717) is 25.3 Å². The smallest absolute Gasteiger partial charge is 0.261 e. The van der Waals surface area contributed by atoms with Crippen LogP contribution in [0, 0.1) is 0 Å². The summed E-state index contributed by atoms with van der Waals surface area (Å²) in [6.45, 7) is 2.52. The predicted octanol–water partition coefficient (Wildman–Crippen LogP) is 4.60. The predicted molar refractivity (Wildman–Crippen MR) is 129 cm³/mol. The van der Waals surface area contributed by atoms with Gasteiger partial charge in [-0.15, -0.1) is 0 Å². The van der Waals surface area contributed by atoms with Crippen LogP contribution in [-0.2, 0) is 22.6 Å². The summed E-state index contributed by atoms with van der Waals surface area (Å²) in [6.07, 6.45) is 0.417. The monoisotopic (exact) mass is 494 g/mol. The van der Waals surface area contributed by atoms with Gasteiger partial charge in [-0.3, -0.25) is 9.59 Å². The first kappa shape index (κ1) is 23.5. The van der Waals surface area contributed by atoms with E-state index in [1.54, 1.807) is 17.0 Å². The number of carbonyl (C=O) groups is 2. The van der Waals surface area contributed by atoms with Crippen molar-refractivity contribution in [3.8, 4) is 5.75 Å². The molecular formula is C26H27BrN2O3. The van der Waals surface area contributed by atoms with E-state index < -0.39 is 6.04 Å². The Morgan fingerprint density at radius 2 is 1.53 bits per heavy atom. The molecule has 1 atom stereocenters. The van der Waals surface area contributed by atoms with E-state index in [9.17, 15) is 9.59 Å². The van der Waals surface area contributed by atoms with Crippen LogP contribution in [0.5, 0.6) is 5.75 Å². The van der Waals surface area contributed by atoms with Gasteiger partial charge in [-0.25, -0.2) is 0 Å². The zero-order valence-electron chi connectivity index (χ0n) is 18.0. The van der Waals surface area contributed by atoms with Crippen molar-refractivity contribution < 1.29 is 14.3 Å². The number of amides is 2. The fourth-order valence-corrected chi connectivity index (χ4v) is 3.64. The summed E-state index contributed by atoms with van der Waals surface area (Å²) in [4.78, 5) is 28.0. The van der Waals surface area contributed by atoms with Crippen molar-refractivity contribution >= 4 is 27.7 Å². The molecule has 1 N–H and O–H groups in total. The van der Waals surface area contributed by atoms with Crippen molar-refractivity contribution in [2.75, 3.05) is 13.2 Å². The SMILES string of the molecule is CCNC(=O)[C@@H](Cc1ccccc1)N(Cc1ccc(Br)cc1)C(=O)COc1ccccc1. The largest absolute Gasteiger partial charge is 0.484 e. The van der Waals surface area contributed by atoms with Crippen LogP contribution in [-0.4, -0.2) is 35.9 Å². The average molecular weight is 495 g/mol. The molecule has 0 unspecified atom stereocenters. The van der Waals surface area contributed by atoms with Crippen molar-refractivity contribution in [2.24, 2.45) is 0 Å². The van der Waals surface area contributed by atoms with E-state index in [1.165, 1.54) is 0 Å². The molecule has 166 valence electrons. The Morgan fingerprint density at radius 3 is 2.16 bits per heavy atom. The standard InChI is InChI=1S/C26H27BrN2O3/c1-2-28-26(31)24(17-20-9-5-3-6-10-20)29(18-21-13-15-22(27)16-14-21)25(30)19-32-23-11-7-4-8-12-23/h3-16,24H,2,17-19H2,1H3,(H,28,31)/t24-/m1/s1. The minimum absolute atomic E-state index is 0.148. The van der Waals surface area contributed by atoms with Crippen molar-refractivity contribution in [3.63, 3.8) is 0 Å². The highest BCUT2D eigenvalue weighted by molar-refractivity contribution is 9.10. The highest BCUT2D eigenvalue weighted by Gasteiger charge is 2.30. The van der Waals surface area contributed by atoms with E-state index in [-0.39, 0.29) is 18.4 Å². The van der Waals surface area contributed by atoms with Crippen LogP contribution in [0.25, 0.3) is 0 Å². The second-order valence-corrected chi connectivity index (χ2v) is 8.27. The fraction of sp³-hybridized carbons (Fsp3) is 0.231. The summed E-state index contributed by atoms with van der Waals surface area (Å²) in [5.41, 5.74) is 1.92. The minimum atomic E-state index is -0.659. The molecule has 0 saturated heterocycles. The molecule has 3 rings (SSSR count). The zero-order valence-corrected chi connectivity index (χ0v) is 19.6. The van der Waals surface area contributed by atoms with Gasteiger partial charge in [0.05, 0.1) is 0 Å². The lowest BCUT2D eigenvalue weighted by Crippen LogP contribution is -2.51. The second kappa shape index (κ2) is 12.1. The molecule has 3 aromatic carbocycles. The Hall–Kier alpha value is -3.12. The number of halogens is 1. The number of para-hydroxylation sites is 1.